The molecule has 0 aliphatic carbocycles. The first-order chi connectivity index (χ1) is 7.61. The molecule has 92 valence electrons. The van der Waals surface area contributed by atoms with E-state index in [2.05, 4.69) is 36.2 Å². The van der Waals surface area contributed by atoms with Gasteiger partial charge in [-0.05, 0) is 25.6 Å². The predicted octanol–water partition coefficient (Wildman–Crippen LogP) is 2.25. The highest BCUT2D eigenvalue weighted by atomic mass is 32.2. The lowest BCUT2D eigenvalue weighted by molar-refractivity contribution is 0.365. The molecule has 1 rings (SSSR count). The van der Waals surface area contributed by atoms with E-state index in [4.69, 9.17) is 4.52 Å². The summed E-state index contributed by atoms with van der Waals surface area (Å²) in [5, 5.41) is 7.76. The first kappa shape index (κ1) is 13.5. The van der Waals surface area contributed by atoms with Crippen molar-refractivity contribution in [3.63, 3.8) is 0 Å². The lowest BCUT2D eigenvalue weighted by Gasteiger charge is -2.06. The Balaban J connectivity index is 2.33. The number of nitrogens with one attached hydrogen (secondary N) is 1. The van der Waals surface area contributed by atoms with E-state index in [1.165, 1.54) is 0 Å². The van der Waals surface area contributed by atoms with E-state index >= 15 is 0 Å². The quantitative estimate of drug-likeness (QED) is 0.796. The molecule has 4 nitrogen and oxygen atoms in total. The van der Waals surface area contributed by atoms with Crippen LogP contribution in [0.1, 0.15) is 38.9 Å². The highest BCUT2D eigenvalue weighted by molar-refractivity contribution is 7.99. The van der Waals surface area contributed by atoms with Crippen molar-refractivity contribution in [2.24, 2.45) is 0 Å². The second kappa shape index (κ2) is 6.91. The SMILES string of the molecule is CNC(C)CCc1nc(CSC(C)C)no1. The third kappa shape index (κ3) is 4.99. The Morgan fingerprint density at radius 1 is 1.38 bits per heavy atom. The normalized spacial score (nSPS) is 13.3. The molecule has 1 aromatic rings. The van der Waals surface area contributed by atoms with Crippen molar-refractivity contribution in [3.05, 3.63) is 11.7 Å². The molecule has 0 amide bonds. The minimum Gasteiger partial charge on any atom is -0.339 e. The van der Waals surface area contributed by atoms with Gasteiger partial charge >= 0.3 is 0 Å². The summed E-state index contributed by atoms with van der Waals surface area (Å²) >= 11 is 1.83. The fourth-order valence-electron chi connectivity index (χ4n) is 1.18. The lowest BCUT2D eigenvalue weighted by atomic mass is 10.2. The summed E-state index contributed by atoms with van der Waals surface area (Å²) in [7, 11) is 1.96. The van der Waals surface area contributed by atoms with Crippen molar-refractivity contribution in [1.29, 1.82) is 0 Å². The van der Waals surface area contributed by atoms with E-state index < -0.39 is 0 Å². The summed E-state index contributed by atoms with van der Waals surface area (Å²) < 4.78 is 5.19. The van der Waals surface area contributed by atoms with Gasteiger partial charge in [-0.3, -0.25) is 0 Å². The highest BCUT2D eigenvalue weighted by Gasteiger charge is 2.08. The Hall–Kier alpha value is -0.550. The van der Waals surface area contributed by atoms with Crippen LogP contribution in [-0.4, -0.2) is 28.5 Å². The Bertz CT molecular complexity index is 301. The molecule has 0 aliphatic rings. The molecule has 0 fully saturated rings. The van der Waals surface area contributed by atoms with Crippen LogP contribution >= 0.6 is 11.8 Å². The Labute approximate surface area is 102 Å². The van der Waals surface area contributed by atoms with Crippen LogP contribution in [0.2, 0.25) is 0 Å². The predicted molar refractivity (Wildman–Crippen MR) is 67.6 cm³/mol. The van der Waals surface area contributed by atoms with Crippen LogP contribution in [-0.2, 0) is 12.2 Å². The van der Waals surface area contributed by atoms with Crippen molar-refractivity contribution in [3.8, 4) is 0 Å². The van der Waals surface area contributed by atoms with Gasteiger partial charge in [-0.15, -0.1) is 0 Å². The van der Waals surface area contributed by atoms with Crippen molar-refractivity contribution < 1.29 is 4.52 Å². The molecule has 1 heterocycles. The van der Waals surface area contributed by atoms with Gasteiger partial charge in [-0.25, -0.2) is 0 Å². The van der Waals surface area contributed by atoms with Crippen LogP contribution < -0.4 is 5.32 Å². The second-order valence-electron chi connectivity index (χ2n) is 4.19. The number of aryl methyl sites for hydroxylation is 1. The Morgan fingerprint density at radius 3 is 2.75 bits per heavy atom. The van der Waals surface area contributed by atoms with E-state index in [0.29, 0.717) is 11.3 Å². The highest BCUT2D eigenvalue weighted by Crippen LogP contribution is 2.15. The summed E-state index contributed by atoms with van der Waals surface area (Å²) in [5.74, 6) is 2.40. The largest absolute Gasteiger partial charge is 0.339 e. The first-order valence-electron chi connectivity index (χ1n) is 5.72. The van der Waals surface area contributed by atoms with Gasteiger partial charge in [0.15, 0.2) is 5.82 Å². The van der Waals surface area contributed by atoms with Gasteiger partial charge in [-0.1, -0.05) is 19.0 Å². The second-order valence-corrected chi connectivity index (χ2v) is 5.76. The number of aromatic nitrogens is 2. The average Bonchev–Trinajstić information content (AvgIpc) is 2.71. The van der Waals surface area contributed by atoms with Crippen LogP contribution in [0.5, 0.6) is 0 Å². The van der Waals surface area contributed by atoms with E-state index in [9.17, 15) is 0 Å². The van der Waals surface area contributed by atoms with Crippen LogP contribution in [0.3, 0.4) is 0 Å². The molecular weight excluding hydrogens is 222 g/mol. The summed E-state index contributed by atoms with van der Waals surface area (Å²) in [6, 6.07) is 0.486. The average molecular weight is 243 g/mol. The lowest BCUT2D eigenvalue weighted by Crippen LogP contribution is -2.21. The fourth-order valence-corrected chi connectivity index (χ4v) is 1.78. The molecule has 5 heteroatoms. The zero-order valence-electron chi connectivity index (χ0n) is 10.5. The Kier molecular flexibility index (Phi) is 5.84. The molecular formula is C11H21N3OS. The molecule has 16 heavy (non-hydrogen) atoms. The third-order valence-electron chi connectivity index (χ3n) is 2.34. The molecule has 0 radical (unpaired) electrons. The van der Waals surface area contributed by atoms with Gasteiger partial charge in [0, 0.05) is 12.5 Å². The zero-order valence-corrected chi connectivity index (χ0v) is 11.3. The molecule has 1 unspecified atom stereocenters. The van der Waals surface area contributed by atoms with Crippen molar-refractivity contribution in [2.75, 3.05) is 7.05 Å². The fraction of sp³-hybridized carbons (Fsp3) is 0.818. The number of nitrogens with zero attached hydrogens (tertiary/aromatic N) is 2. The van der Waals surface area contributed by atoms with Gasteiger partial charge in [0.25, 0.3) is 0 Å². The molecule has 1 aromatic heterocycles. The summed E-state index contributed by atoms with van der Waals surface area (Å²) in [6.45, 7) is 6.48. The molecule has 0 aliphatic heterocycles. The minimum absolute atomic E-state index is 0.486. The molecule has 0 saturated heterocycles. The van der Waals surface area contributed by atoms with Crippen LogP contribution in [0, 0.1) is 0 Å². The smallest absolute Gasteiger partial charge is 0.226 e. The van der Waals surface area contributed by atoms with Crippen molar-refractivity contribution >= 4 is 11.8 Å². The standard InChI is InChI=1S/C11H21N3OS/c1-8(2)16-7-10-13-11(15-14-10)6-5-9(3)12-4/h8-9,12H,5-7H2,1-4H3. The number of thioether (sulfide) groups is 1. The van der Waals surface area contributed by atoms with E-state index in [1.807, 2.05) is 18.8 Å². The van der Waals surface area contributed by atoms with E-state index in [0.717, 1.165) is 30.3 Å². The molecule has 0 bridgehead atoms. The van der Waals surface area contributed by atoms with Gasteiger partial charge in [-0.2, -0.15) is 16.7 Å². The zero-order chi connectivity index (χ0) is 12.0. The van der Waals surface area contributed by atoms with E-state index in [-0.39, 0.29) is 0 Å². The van der Waals surface area contributed by atoms with Gasteiger partial charge in [0.1, 0.15) is 0 Å². The van der Waals surface area contributed by atoms with Crippen molar-refractivity contribution in [2.45, 2.75) is 50.7 Å². The number of rotatable bonds is 7. The third-order valence-corrected chi connectivity index (χ3v) is 3.43. The topological polar surface area (TPSA) is 51.0 Å². The number of hydrogen-bond acceptors (Lipinski definition) is 5. The van der Waals surface area contributed by atoms with Crippen LogP contribution in [0.25, 0.3) is 0 Å². The minimum atomic E-state index is 0.486. The number of hydrogen-bond donors (Lipinski definition) is 1. The monoisotopic (exact) mass is 243 g/mol. The molecule has 0 saturated carbocycles. The maximum absolute atomic E-state index is 5.19. The van der Waals surface area contributed by atoms with Gasteiger partial charge < -0.3 is 9.84 Å². The summed E-state index contributed by atoms with van der Waals surface area (Å²) in [4.78, 5) is 4.36. The summed E-state index contributed by atoms with van der Waals surface area (Å²) in [6.07, 6.45) is 1.87. The molecule has 0 spiro atoms. The van der Waals surface area contributed by atoms with Crippen LogP contribution in [0.4, 0.5) is 0 Å². The Morgan fingerprint density at radius 2 is 2.12 bits per heavy atom. The van der Waals surface area contributed by atoms with Crippen LogP contribution in [0.15, 0.2) is 4.52 Å². The first-order valence-corrected chi connectivity index (χ1v) is 6.77. The van der Waals surface area contributed by atoms with Crippen molar-refractivity contribution in [1.82, 2.24) is 15.5 Å². The maximum atomic E-state index is 5.19. The molecule has 1 atom stereocenters. The maximum Gasteiger partial charge on any atom is 0.226 e. The molecule has 1 N–H and O–H groups in total. The van der Waals surface area contributed by atoms with Gasteiger partial charge in [0.2, 0.25) is 5.89 Å². The van der Waals surface area contributed by atoms with Gasteiger partial charge in [0.05, 0.1) is 5.75 Å². The van der Waals surface area contributed by atoms with E-state index in [1.54, 1.807) is 0 Å². The summed E-state index contributed by atoms with van der Waals surface area (Å²) in [5.41, 5.74) is 0. The molecule has 0 aromatic carbocycles.